The average Bonchev–Trinajstić information content (AvgIpc) is 2.78. The molecule has 3 rings (SSSR count). The molecule has 0 atom stereocenters. The second kappa shape index (κ2) is 3.49. The van der Waals surface area contributed by atoms with Crippen LogP contribution in [0.25, 0.3) is 0 Å². The number of hydrogen-bond donors (Lipinski definition) is 0. The Balaban J connectivity index is 2.42. The van der Waals surface area contributed by atoms with Crippen molar-refractivity contribution >= 4 is 26.1 Å². The molecule has 0 saturated heterocycles. The van der Waals surface area contributed by atoms with Gasteiger partial charge >= 0.3 is 104 Å². The Kier molecular flexibility index (Phi) is 2.18. The van der Waals surface area contributed by atoms with Crippen molar-refractivity contribution in [3.05, 3.63) is 49.6 Å². The van der Waals surface area contributed by atoms with Crippen LogP contribution in [0.3, 0.4) is 0 Å². The second-order valence-electron chi connectivity index (χ2n) is 4.13. The molecule has 1 aliphatic rings. The molecule has 0 unspecified atom stereocenters. The first kappa shape index (κ1) is 10.6. The van der Waals surface area contributed by atoms with Crippen molar-refractivity contribution in [3.8, 4) is 0 Å². The molecular weight excluding hydrogens is 281 g/mol. The molecule has 0 aliphatic heterocycles. The molecular formula is C13H9NO2Se. The molecule has 17 heavy (non-hydrogen) atoms. The number of hydrogen-bond acceptors (Lipinski definition) is 3. The van der Waals surface area contributed by atoms with Crippen molar-refractivity contribution < 1.29 is 9.59 Å². The van der Waals surface area contributed by atoms with Crippen molar-refractivity contribution in [1.82, 2.24) is 4.98 Å². The predicted octanol–water partition coefficient (Wildman–Crippen LogP) is 1.53. The molecule has 1 aliphatic carbocycles. The Morgan fingerprint density at radius 2 is 1.59 bits per heavy atom. The van der Waals surface area contributed by atoms with Crippen LogP contribution < -0.4 is 0 Å². The van der Waals surface area contributed by atoms with E-state index in [0.717, 1.165) is 5.56 Å². The van der Waals surface area contributed by atoms with Gasteiger partial charge in [-0.1, -0.05) is 0 Å². The second-order valence-corrected chi connectivity index (χ2v) is 5.69. The van der Waals surface area contributed by atoms with Gasteiger partial charge < -0.3 is 0 Å². The van der Waals surface area contributed by atoms with Crippen LogP contribution in [0.5, 0.6) is 0 Å². The molecule has 0 radical (unpaired) electrons. The van der Waals surface area contributed by atoms with E-state index in [-0.39, 0.29) is 26.1 Å². The van der Waals surface area contributed by atoms with Crippen LogP contribution in [0.4, 0.5) is 0 Å². The molecule has 2 aromatic heterocycles. The van der Waals surface area contributed by atoms with Gasteiger partial charge in [-0.15, -0.1) is 0 Å². The number of nitrogens with zero attached hydrogens (tertiary/aromatic N) is 1. The standard InChI is InChI=1S/C13H9NO2Se/c1-6-3-14-7(2)11-10(6)12(15)8-4-17-5-9(8)13(11)16/h3-5H,1-2H3. The van der Waals surface area contributed by atoms with Crippen molar-refractivity contribution in [2.45, 2.75) is 13.8 Å². The maximum atomic E-state index is 12.3. The summed E-state index contributed by atoms with van der Waals surface area (Å²) >= 11 is 0.132. The molecule has 2 heterocycles. The van der Waals surface area contributed by atoms with Gasteiger partial charge in [0.15, 0.2) is 0 Å². The molecule has 0 aromatic carbocycles. The zero-order chi connectivity index (χ0) is 12.2. The Morgan fingerprint density at radius 3 is 2.24 bits per heavy atom. The number of rotatable bonds is 0. The van der Waals surface area contributed by atoms with Crippen LogP contribution in [-0.4, -0.2) is 31.1 Å². The van der Waals surface area contributed by atoms with E-state index in [0.29, 0.717) is 27.9 Å². The molecule has 84 valence electrons. The Labute approximate surface area is 104 Å². The topological polar surface area (TPSA) is 47.0 Å². The van der Waals surface area contributed by atoms with E-state index in [1.54, 1.807) is 13.1 Å². The number of fused-ring (bicyclic) bond motifs is 2. The first-order chi connectivity index (χ1) is 8.11. The summed E-state index contributed by atoms with van der Waals surface area (Å²) < 4.78 is 0. The van der Waals surface area contributed by atoms with Crippen LogP contribution in [0.15, 0.2) is 16.1 Å². The van der Waals surface area contributed by atoms with Crippen molar-refractivity contribution in [2.24, 2.45) is 0 Å². The quantitative estimate of drug-likeness (QED) is 0.590. The van der Waals surface area contributed by atoms with Gasteiger partial charge in [-0.2, -0.15) is 0 Å². The van der Waals surface area contributed by atoms with E-state index >= 15 is 0 Å². The molecule has 0 saturated carbocycles. The molecule has 0 spiro atoms. The summed E-state index contributed by atoms with van der Waals surface area (Å²) in [5, 5.41) is 0. The Morgan fingerprint density at radius 1 is 1.00 bits per heavy atom. The third kappa shape index (κ3) is 1.31. The normalized spacial score (nSPS) is 13.5. The van der Waals surface area contributed by atoms with E-state index < -0.39 is 0 Å². The predicted molar refractivity (Wildman–Crippen MR) is 64.0 cm³/mol. The minimum atomic E-state index is -0.0427. The van der Waals surface area contributed by atoms with Gasteiger partial charge in [0.25, 0.3) is 0 Å². The monoisotopic (exact) mass is 291 g/mol. The van der Waals surface area contributed by atoms with Gasteiger partial charge in [-0.3, -0.25) is 0 Å². The summed E-state index contributed by atoms with van der Waals surface area (Å²) in [6.07, 6.45) is 1.66. The van der Waals surface area contributed by atoms with Crippen LogP contribution in [0.2, 0.25) is 0 Å². The molecule has 3 nitrogen and oxygen atoms in total. The maximum absolute atomic E-state index is 12.3. The molecule has 0 bridgehead atoms. The van der Waals surface area contributed by atoms with Crippen molar-refractivity contribution in [2.75, 3.05) is 0 Å². The van der Waals surface area contributed by atoms with Crippen LogP contribution >= 0.6 is 0 Å². The number of pyridine rings is 1. The van der Waals surface area contributed by atoms with Crippen LogP contribution in [0, 0.1) is 13.8 Å². The summed E-state index contributed by atoms with van der Waals surface area (Å²) in [5.41, 5.74) is 3.64. The number of aryl methyl sites for hydroxylation is 2. The fraction of sp³-hybridized carbons (Fsp3) is 0.154. The summed E-state index contributed by atoms with van der Waals surface area (Å²) in [6.45, 7) is 3.60. The Hall–Kier alpha value is -1.51. The summed E-state index contributed by atoms with van der Waals surface area (Å²) in [4.78, 5) is 32.6. The van der Waals surface area contributed by atoms with E-state index in [1.807, 2.05) is 16.8 Å². The number of carbonyl (C=O) groups excluding carboxylic acids is 2. The van der Waals surface area contributed by atoms with Gasteiger partial charge in [0.2, 0.25) is 0 Å². The summed E-state index contributed by atoms with van der Waals surface area (Å²) in [6, 6.07) is 0. The SMILES string of the molecule is Cc1cnc(C)c2c1C(=O)c1c[se]cc1C2=O. The zero-order valence-electron chi connectivity index (χ0n) is 9.40. The van der Waals surface area contributed by atoms with E-state index in [9.17, 15) is 9.59 Å². The number of carbonyl (C=O) groups is 2. The number of ketones is 2. The van der Waals surface area contributed by atoms with Gasteiger partial charge in [-0.25, -0.2) is 0 Å². The first-order valence-electron chi connectivity index (χ1n) is 5.23. The summed E-state index contributed by atoms with van der Waals surface area (Å²) in [7, 11) is 0. The fourth-order valence-electron chi connectivity index (χ4n) is 2.19. The van der Waals surface area contributed by atoms with Crippen LogP contribution in [0.1, 0.15) is 43.1 Å². The van der Waals surface area contributed by atoms with Gasteiger partial charge in [0.05, 0.1) is 0 Å². The van der Waals surface area contributed by atoms with Gasteiger partial charge in [0, 0.05) is 0 Å². The molecule has 0 N–H and O–H groups in total. The van der Waals surface area contributed by atoms with E-state index in [1.165, 1.54) is 0 Å². The van der Waals surface area contributed by atoms with Crippen LogP contribution in [-0.2, 0) is 0 Å². The third-order valence-electron chi connectivity index (χ3n) is 3.06. The number of aromatic nitrogens is 1. The molecule has 4 heteroatoms. The minimum absolute atomic E-state index is 0.0202. The van der Waals surface area contributed by atoms with Crippen molar-refractivity contribution in [3.63, 3.8) is 0 Å². The van der Waals surface area contributed by atoms with E-state index in [4.69, 9.17) is 0 Å². The summed E-state index contributed by atoms with van der Waals surface area (Å²) in [5.74, 6) is -0.0628. The average molecular weight is 290 g/mol. The van der Waals surface area contributed by atoms with Crippen molar-refractivity contribution in [1.29, 1.82) is 0 Å². The zero-order valence-corrected chi connectivity index (χ0v) is 11.1. The molecule has 0 amide bonds. The van der Waals surface area contributed by atoms with Gasteiger partial charge in [-0.05, 0) is 0 Å². The third-order valence-corrected chi connectivity index (χ3v) is 4.62. The Bertz CT molecular complexity index is 615. The molecule has 0 fully saturated rings. The first-order valence-corrected chi connectivity index (χ1v) is 7.21. The van der Waals surface area contributed by atoms with E-state index in [2.05, 4.69) is 4.98 Å². The fourth-order valence-corrected chi connectivity index (χ4v) is 3.89. The molecule has 2 aromatic rings. The van der Waals surface area contributed by atoms with Gasteiger partial charge in [0.1, 0.15) is 0 Å².